The summed E-state index contributed by atoms with van der Waals surface area (Å²) >= 11 is 1.57. The number of ether oxygens (including phenoxy) is 2. The molecule has 0 saturated carbocycles. The number of aliphatic hydroxyl groups is 3. The van der Waals surface area contributed by atoms with Crippen molar-refractivity contribution in [3.8, 4) is 0 Å². The van der Waals surface area contributed by atoms with E-state index in [9.17, 15) is 20.1 Å². The number of carbonyl (C=O) groups excluding carboxylic acids is 1. The normalized spacial score (nSPS) is 40.3. The summed E-state index contributed by atoms with van der Waals surface area (Å²) in [6.07, 6.45) is 3.14. The van der Waals surface area contributed by atoms with Crippen LogP contribution >= 0.6 is 11.3 Å². The molecule has 192 valence electrons. The molecule has 8 heteroatoms. The largest absolute Gasteiger partial charge is 0.392 e. The zero-order valence-electron chi connectivity index (χ0n) is 21.2. The molecule has 0 bridgehead atoms. The summed E-state index contributed by atoms with van der Waals surface area (Å²) in [6, 6.07) is 0. The Hall–Kier alpha value is -1.16. The summed E-state index contributed by atoms with van der Waals surface area (Å²) in [5, 5.41) is 35.3. The number of nitrogens with zero attached hydrogens (tertiary/aromatic N) is 1. The Labute approximate surface area is 207 Å². The molecule has 1 aromatic heterocycles. The van der Waals surface area contributed by atoms with E-state index < -0.39 is 35.9 Å². The molecular weight excluding hydrogens is 454 g/mol. The van der Waals surface area contributed by atoms with Crippen LogP contribution in [0.2, 0.25) is 0 Å². The second kappa shape index (κ2) is 10.8. The smallest absolute Gasteiger partial charge is 0.157 e. The van der Waals surface area contributed by atoms with E-state index in [0.29, 0.717) is 6.42 Å². The Morgan fingerprint density at radius 2 is 1.88 bits per heavy atom. The lowest BCUT2D eigenvalue weighted by atomic mass is 9.73. The van der Waals surface area contributed by atoms with E-state index in [1.165, 1.54) is 0 Å². The highest BCUT2D eigenvalue weighted by atomic mass is 32.1. The number of Topliss-reactive ketones (excluding diaryl/α,β-unsaturated/α-hetero) is 1. The van der Waals surface area contributed by atoms with Gasteiger partial charge in [-0.3, -0.25) is 4.79 Å². The van der Waals surface area contributed by atoms with Gasteiger partial charge in [-0.1, -0.05) is 40.2 Å². The van der Waals surface area contributed by atoms with E-state index >= 15 is 0 Å². The minimum Gasteiger partial charge on any atom is -0.392 e. The van der Waals surface area contributed by atoms with E-state index in [-0.39, 0.29) is 29.8 Å². The summed E-state index contributed by atoms with van der Waals surface area (Å²) in [6.45, 7) is 11.0. The number of aromatic nitrogens is 1. The van der Waals surface area contributed by atoms with Crippen LogP contribution in [0.5, 0.6) is 0 Å². The lowest BCUT2D eigenvalue weighted by Crippen LogP contribution is -2.46. The summed E-state index contributed by atoms with van der Waals surface area (Å²) in [5.41, 5.74) is -0.564. The van der Waals surface area contributed by atoms with Crippen molar-refractivity contribution in [3.63, 3.8) is 0 Å². The van der Waals surface area contributed by atoms with Crippen molar-refractivity contribution in [1.29, 1.82) is 0 Å². The Morgan fingerprint density at radius 1 is 1.18 bits per heavy atom. The Balaban J connectivity index is 1.80. The quantitative estimate of drug-likeness (QED) is 0.534. The molecule has 0 amide bonds. The van der Waals surface area contributed by atoms with Crippen LogP contribution in [0.4, 0.5) is 0 Å². The maximum Gasteiger partial charge on any atom is 0.157 e. The number of hydrogen-bond donors (Lipinski definition) is 3. The number of fused-ring (bicyclic) bond motifs is 1. The maximum absolute atomic E-state index is 13.2. The van der Waals surface area contributed by atoms with Crippen LogP contribution in [0.1, 0.15) is 77.4 Å². The van der Waals surface area contributed by atoms with E-state index in [1.54, 1.807) is 32.1 Å². The van der Waals surface area contributed by atoms with Crippen molar-refractivity contribution in [2.45, 2.75) is 110 Å². The van der Waals surface area contributed by atoms with E-state index in [2.05, 4.69) is 11.9 Å². The van der Waals surface area contributed by atoms with Crippen LogP contribution in [0, 0.1) is 24.2 Å². The van der Waals surface area contributed by atoms with Gasteiger partial charge in [-0.2, -0.15) is 0 Å². The fraction of sp³-hybridized carbons (Fsp3) is 0.769. The topological polar surface area (TPSA) is 112 Å². The molecule has 34 heavy (non-hydrogen) atoms. The summed E-state index contributed by atoms with van der Waals surface area (Å²) < 4.78 is 12.0. The SMILES string of the molecule is Cc1nc(/C=C/[C@@H]2C[C@@H]3O[C@]3(C)CCC[C@H](C)[C@H](O)[C@@H](C)C(=O)C(C)(C)[C@@H](O)CC(O)O2)cs1. The lowest BCUT2D eigenvalue weighted by molar-refractivity contribution is -0.161. The maximum atomic E-state index is 13.2. The van der Waals surface area contributed by atoms with Gasteiger partial charge in [0.1, 0.15) is 5.78 Å². The van der Waals surface area contributed by atoms with E-state index in [4.69, 9.17) is 9.47 Å². The fourth-order valence-corrected chi connectivity index (χ4v) is 5.53. The molecule has 7 nitrogen and oxygen atoms in total. The first-order valence-corrected chi connectivity index (χ1v) is 13.2. The van der Waals surface area contributed by atoms with Crippen molar-refractivity contribution >= 4 is 23.2 Å². The Bertz CT molecular complexity index is 869. The van der Waals surface area contributed by atoms with Gasteiger partial charge in [-0.05, 0) is 38.7 Å². The number of thiazole rings is 1. The number of hydrogen-bond acceptors (Lipinski definition) is 8. The third-order valence-corrected chi connectivity index (χ3v) is 8.46. The summed E-state index contributed by atoms with van der Waals surface area (Å²) in [5.74, 6) is -0.887. The molecule has 0 aliphatic carbocycles. The molecule has 3 rings (SSSR count). The molecule has 1 unspecified atom stereocenters. The average Bonchev–Trinajstić information content (AvgIpc) is 3.19. The standard InChI is InChI=1S/C26H41NO6S/c1-15-8-7-11-26(6)21(33-26)12-19(10-9-18-14-34-17(3)27-18)32-22(29)13-20(28)25(4,5)24(31)16(2)23(15)30/h9-10,14-16,19-23,28-30H,7-8,11-13H2,1-6H3/b10-9+/t15-,16+,19+,20-,21-,22?,23-,26+/m0/s1. The Morgan fingerprint density at radius 3 is 2.53 bits per heavy atom. The molecule has 0 spiro atoms. The van der Waals surface area contributed by atoms with Gasteiger partial charge in [0.15, 0.2) is 6.29 Å². The van der Waals surface area contributed by atoms with Gasteiger partial charge in [0.25, 0.3) is 0 Å². The molecule has 0 radical (unpaired) electrons. The predicted molar refractivity (Wildman–Crippen MR) is 132 cm³/mol. The van der Waals surface area contributed by atoms with E-state index in [0.717, 1.165) is 30.0 Å². The molecule has 2 aliphatic heterocycles. The van der Waals surface area contributed by atoms with Gasteiger partial charge in [0.05, 0.1) is 40.7 Å². The lowest BCUT2D eigenvalue weighted by Gasteiger charge is -2.35. The van der Waals surface area contributed by atoms with Crippen molar-refractivity contribution in [2.75, 3.05) is 0 Å². The van der Waals surface area contributed by atoms with Crippen LogP contribution in [0.25, 0.3) is 6.08 Å². The van der Waals surface area contributed by atoms with Gasteiger partial charge >= 0.3 is 0 Å². The van der Waals surface area contributed by atoms with Crippen LogP contribution in [-0.4, -0.2) is 62.4 Å². The zero-order chi connectivity index (χ0) is 25.3. The van der Waals surface area contributed by atoms with Gasteiger partial charge < -0.3 is 24.8 Å². The molecule has 3 N–H and O–H groups in total. The predicted octanol–water partition coefficient (Wildman–Crippen LogP) is 3.88. The van der Waals surface area contributed by atoms with Crippen LogP contribution in [-0.2, 0) is 14.3 Å². The minimum absolute atomic E-state index is 0.00141. The van der Waals surface area contributed by atoms with Gasteiger partial charge in [-0.25, -0.2) is 4.98 Å². The first kappa shape index (κ1) is 27.4. The minimum atomic E-state index is -1.26. The molecule has 3 heterocycles. The molecule has 2 fully saturated rings. The highest BCUT2D eigenvalue weighted by Gasteiger charge is 2.52. The summed E-state index contributed by atoms with van der Waals surface area (Å²) in [7, 11) is 0. The summed E-state index contributed by atoms with van der Waals surface area (Å²) in [4.78, 5) is 17.6. The van der Waals surface area contributed by atoms with Gasteiger partial charge in [-0.15, -0.1) is 11.3 Å². The second-order valence-electron chi connectivity index (χ2n) is 10.9. The second-order valence-corrected chi connectivity index (χ2v) is 12.0. The van der Waals surface area contributed by atoms with Crippen molar-refractivity contribution in [3.05, 3.63) is 22.2 Å². The fourth-order valence-electron chi connectivity index (χ4n) is 4.95. The number of rotatable bonds is 2. The molecule has 2 saturated heterocycles. The number of aliphatic hydroxyl groups excluding tert-OH is 3. The van der Waals surface area contributed by atoms with Crippen LogP contribution in [0.3, 0.4) is 0 Å². The van der Waals surface area contributed by atoms with Crippen molar-refractivity contribution < 1.29 is 29.6 Å². The van der Waals surface area contributed by atoms with Crippen LogP contribution in [0.15, 0.2) is 11.5 Å². The van der Waals surface area contributed by atoms with Gasteiger partial charge in [0, 0.05) is 29.6 Å². The highest BCUT2D eigenvalue weighted by molar-refractivity contribution is 7.09. The van der Waals surface area contributed by atoms with E-state index in [1.807, 2.05) is 31.4 Å². The molecule has 0 aromatic carbocycles. The average molecular weight is 496 g/mol. The third-order valence-electron chi connectivity index (χ3n) is 7.67. The molecule has 2 aliphatic rings. The molecule has 1 aromatic rings. The third kappa shape index (κ3) is 6.53. The number of aryl methyl sites for hydroxylation is 1. The first-order valence-electron chi connectivity index (χ1n) is 12.4. The highest BCUT2D eigenvalue weighted by Crippen LogP contribution is 2.44. The van der Waals surface area contributed by atoms with Crippen molar-refractivity contribution in [2.24, 2.45) is 17.3 Å². The number of carbonyl (C=O) groups is 1. The monoisotopic (exact) mass is 495 g/mol. The molecule has 8 atom stereocenters. The van der Waals surface area contributed by atoms with Gasteiger partial charge in [0.2, 0.25) is 0 Å². The number of ketones is 1. The van der Waals surface area contributed by atoms with Crippen LogP contribution < -0.4 is 0 Å². The Kier molecular flexibility index (Phi) is 8.75. The first-order chi connectivity index (χ1) is 15.8. The molecular formula is C26H41NO6S. The zero-order valence-corrected chi connectivity index (χ0v) is 22.0. The van der Waals surface area contributed by atoms with Crippen molar-refractivity contribution in [1.82, 2.24) is 4.98 Å². The number of epoxide rings is 1.